The van der Waals surface area contributed by atoms with Crippen LogP contribution in [0.3, 0.4) is 0 Å². The molecule has 20 heavy (non-hydrogen) atoms. The van der Waals surface area contributed by atoms with Crippen molar-refractivity contribution in [3.05, 3.63) is 52.0 Å². The molecule has 0 aromatic heterocycles. The molecule has 0 aliphatic rings. The first-order chi connectivity index (χ1) is 9.69. The van der Waals surface area contributed by atoms with Gasteiger partial charge in [-0.25, -0.2) is 0 Å². The van der Waals surface area contributed by atoms with E-state index in [1.807, 2.05) is 0 Å². The van der Waals surface area contributed by atoms with Crippen LogP contribution in [0, 0.1) is 22.7 Å². The molecule has 0 radical (unpaired) electrons. The van der Waals surface area contributed by atoms with Crippen LogP contribution in [0.25, 0.3) is 0 Å². The molecule has 0 atom stereocenters. The van der Waals surface area contributed by atoms with Gasteiger partial charge in [0.05, 0.1) is 29.6 Å². The highest BCUT2D eigenvalue weighted by molar-refractivity contribution is 9.10. The van der Waals surface area contributed by atoms with Crippen molar-refractivity contribution in [1.29, 1.82) is 10.5 Å². The second kappa shape index (κ2) is 6.10. The van der Waals surface area contributed by atoms with Gasteiger partial charge < -0.3 is 10.1 Å². The van der Waals surface area contributed by atoms with Crippen molar-refractivity contribution in [2.24, 2.45) is 0 Å². The first-order valence-corrected chi connectivity index (χ1v) is 6.52. The Hall–Kier alpha value is -2.50. The fourth-order valence-corrected chi connectivity index (χ4v) is 2.14. The van der Waals surface area contributed by atoms with Crippen molar-refractivity contribution in [3.8, 4) is 17.9 Å². The summed E-state index contributed by atoms with van der Waals surface area (Å²) >= 11 is 3.36. The Morgan fingerprint density at radius 3 is 2.50 bits per heavy atom. The summed E-state index contributed by atoms with van der Waals surface area (Å²) in [5, 5.41) is 21.4. The molecule has 1 N–H and O–H groups in total. The van der Waals surface area contributed by atoms with Crippen molar-refractivity contribution < 1.29 is 4.74 Å². The van der Waals surface area contributed by atoms with Gasteiger partial charge in [-0.15, -0.1) is 0 Å². The molecule has 0 saturated heterocycles. The number of ether oxygens (including phenoxy) is 1. The van der Waals surface area contributed by atoms with Gasteiger partial charge in [-0.3, -0.25) is 0 Å². The number of benzene rings is 2. The molecule has 0 aliphatic heterocycles. The molecular formula is C15H10BrN3O. The van der Waals surface area contributed by atoms with Gasteiger partial charge in [-0.1, -0.05) is 22.0 Å². The predicted octanol–water partition coefficient (Wildman–Crippen LogP) is 3.94. The monoisotopic (exact) mass is 327 g/mol. The Morgan fingerprint density at radius 1 is 1.10 bits per heavy atom. The van der Waals surface area contributed by atoms with Crippen LogP contribution in [0.4, 0.5) is 11.4 Å². The third kappa shape index (κ3) is 2.74. The molecule has 0 heterocycles. The van der Waals surface area contributed by atoms with E-state index in [-0.39, 0.29) is 0 Å². The largest absolute Gasteiger partial charge is 0.495 e. The highest BCUT2D eigenvalue weighted by Crippen LogP contribution is 2.33. The molecule has 98 valence electrons. The maximum Gasteiger partial charge on any atom is 0.143 e. The first kappa shape index (κ1) is 13.9. The Bertz CT molecular complexity index is 729. The topological polar surface area (TPSA) is 68.8 Å². The normalized spacial score (nSPS) is 9.40. The zero-order valence-corrected chi connectivity index (χ0v) is 12.2. The lowest BCUT2D eigenvalue weighted by atomic mass is 10.1. The van der Waals surface area contributed by atoms with Gasteiger partial charge in [0.2, 0.25) is 0 Å². The number of hydrogen-bond acceptors (Lipinski definition) is 4. The number of para-hydroxylation sites is 1. The lowest BCUT2D eigenvalue weighted by Crippen LogP contribution is -1.99. The number of methoxy groups -OCH3 is 1. The van der Waals surface area contributed by atoms with Crippen LogP contribution >= 0.6 is 15.9 Å². The minimum atomic E-state index is 0.452. The molecule has 0 bridgehead atoms. The van der Waals surface area contributed by atoms with Crippen LogP contribution in [-0.4, -0.2) is 7.11 Å². The highest BCUT2D eigenvalue weighted by atomic mass is 79.9. The molecule has 2 aromatic carbocycles. The van der Waals surface area contributed by atoms with E-state index < -0.39 is 0 Å². The van der Waals surface area contributed by atoms with Crippen LogP contribution in [0.5, 0.6) is 5.75 Å². The van der Waals surface area contributed by atoms with Gasteiger partial charge in [-0.05, 0) is 30.3 Å². The Kier molecular flexibility index (Phi) is 4.24. The maximum atomic E-state index is 9.18. The van der Waals surface area contributed by atoms with E-state index in [0.29, 0.717) is 28.3 Å². The van der Waals surface area contributed by atoms with Crippen LogP contribution in [-0.2, 0) is 0 Å². The fraction of sp³-hybridized carbons (Fsp3) is 0.0667. The van der Waals surface area contributed by atoms with Gasteiger partial charge in [0.1, 0.15) is 17.9 Å². The van der Waals surface area contributed by atoms with E-state index >= 15 is 0 Å². The van der Waals surface area contributed by atoms with Gasteiger partial charge >= 0.3 is 0 Å². The summed E-state index contributed by atoms with van der Waals surface area (Å²) in [4.78, 5) is 0. The minimum absolute atomic E-state index is 0.452. The molecule has 2 rings (SSSR count). The average Bonchev–Trinajstić information content (AvgIpc) is 2.47. The highest BCUT2D eigenvalue weighted by Gasteiger charge is 2.11. The fourth-order valence-electron chi connectivity index (χ4n) is 1.78. The van der Waals surface area contributed by atoms with Crippen molar-refractivity contribution in [2.75, 3.05) is 12.4 Å². The number of rotatable bonds is 3. The average molecular weight is 328 g/mol. The summed E-state index contributed by atoms with van der Waals surface area (Å²) < 4.78 is 6.10. The van der Waals surface area contributed by atoms with Gasteiger partial charge in [0.15, 0.2) is 0 Å². The Balaban J connectivity index is 2.53. The molecule has 0 aliphatic carbocycles. The molecule has 0 amide bonds. The van der Waals surface area contributed by atoms with Gasteiger partial charge in [0, 0.05) is 4.47 Å². The van der Waals surface area contributed by atoms with Crippen molar-refractivity contribution in [2.45, 2.75) is 0 Å². The van der Waals surface area contributed by atoms with Crippen molar-refractivity contribution >= 4 is 27.3 Å². The smallest absolute Gasteiger partial charge is 0.143 e. The molecule has 0 unspecified atom stereocenters. The number of halogens is 1. The Morgan fingerprint density at radius 2 is 1.85 bits per heavy atom. The first-order valence-electron chi connectivity index (χ1n) is 5.73. The number of nitrogens with one attached hydrogen (secondary N) is 1. The van der Waals surface area contributed by atoms with Crippen LogP contribution in [0.15, 0.2) is 40.9 Å². The third-order valence-corrected chi connectivity index (χ3v) is 3.22. The van der Waals surface area contributed by atoms with E-state index in [4.69, 9.17) is 10.00 Å². The predicted molar refractivity (Wildman–Crippen MR) is 79.8 cm³/mol. The quantitative estimate of drug-likeness (QED) is 0.926. The molecule has 5 heteroatoms. The van der Waals surface area contributed by atoms with E-state index in [9.17, 15) is 5.26 Å². The molecule has 2 aromatic rings. The summed E-state index contributed by atoms with van der Waals surface area (Å²) in [5.74, 6) is 0.549. The van der Waals surface area contributed by atoms with Gasteiger partial charge in [-0.2, -0.15) is 10.5 Å². The molecular weight excluding hydrogens is 318 g/mol. The minimum Gasteiger partial charge on any atom is -0.495 e. The van der Waals surface area contributed by atoms with E-state index in [2.05, 4.69) is 33.4 Å². The SMILES string of the molecule is COc1cccc(C#N)c1Nc1cc(Br)ccc1C#N. The molecule has 4 nitrogen and oxygen atoms in total. The number of nitriles is 2. The van der Waals surface area contributed by atoms with Crippen LogP contribution in [0.1, 0.15) is 11.1 Å². The summed E-state index contributed by atoms with van der Waals surface area (Å²) in [7, 11) is 1.54. The van der Waals surface area contributed by atoms with E-state index in [1.54, 1.807) is 36.4 Å². The zero-order chi connectivity index (χ0) is 14.5. The Labute approximate surface area is 125 Å². The van der Waals surface area contributed by atoms with Gasteiger partial charge in [0.25, 0.3) is 0 Å². The summed E-state index contributed by atoms with van der Waals surface area (Å²) in [6.45, 7) is 0. The molecule has 0 saturated carbocycles. The third-order valence-electron chi connectivity index (χ3n) is 2.73. The maximum absolute atomic E-state index is 9.18. The molecule has 0 fully saturated rings. The van der Waals surface area contributed by atoms with Crippen LogP contribution in [0.2, 0.25) is 0 Å². The summed E-state index contributed by atoms with van der Waals surface area (Å²) in [6.07, 6.45) is 0. The summed E-state index contributed by atoms with van der Waals surface area (Å²) in [5.41, 5.74) is 2.10. The van der Waals surface area contributed by atoms with Crippen LogP contribution < -0.4 is 10.1 Å². The number of hydrogen-bond donors (Lipinski definition) is 1. The lowest BCUT2D eigenvalue weighted by molar-refractivity contribution is 0.416. The standard InChI is InChI=1S/C15H10BrN3O/c1-20-14-4-2-3-11(9-18)15(14)19-13-7-12(16)6-5-10(13)8-17/h2-7,19H,1H3. The second-order valence-corrected chi connectivity index (χ2v) is 4.84. The van der Waals surface area contributed by atoms with E-state index in [1.165, 1.54) is 7.11 Å². The number of nitrogens with zero attached hydrogens (tertiary/aromatic N) is 2. The van der Waals surface area contributed by atoms with E-state index in [0.717, 1.165) is 4.47 Å². The zero-order valence-electron chi connectivity index (χ0n) is 10.6. The van der Waals surface area contributed by atoms with Crippen molar-refractivity contribution in [3.63, 3.8) is 0 Å². The second-order valence-electron chi connectivity index (χ2n) is 3.92. The molecule has 0 spiro atoms. The number of anilines is 2. The summed E-state index contributed by atoms with van der Waals surface area (Å²) in [6, 6.07) is 14.7. The van der Waals surface area contributed by atoms with Crippen molar-refractivity contribution in [1.82, 2.24) is 0 Å². The lowest BCUT2D eigenvalue weighted by Gasteiger charge is -2.13.